The van der Waals surface area contributed by atoms with Gasteiger partial charge in [-0.2, -0.15) is 5.10 Å². The van der Waals surface area contributed by atoms with E-state index in [0.717, 1.165) is 25.0 Å². The number of hydrogen-bond donors (Lipinski definition) is 1. The van der Waals surface area contributed by atoms with Crippen molar-refractivity contribution in [3.05, 3.63) is 62.6 Å². The van der Waals surface area contributed by atoms with Crippen LogP contribution in [0.2, 0.25) is 0 Å². The van der Waals surface area contributed by atoms with Crippen LogP contribution in [0, 0.1) is 3.57 Å². The van der Waals surface area contributed by atoms with Gasteiger partial charge < -0.3 is 5.73 Å². The average molecular weight is 440 g/mol. The average Bonchev–Trinajstić information content (AvgIpc) is 2.84. The van der Waals surface area contributed by atoms with Gasteiger partial charge in [0.2, 0.25) is 0 Å². The maximum absolute atomic E-state index is 6.08. The van der Waals surface area contributed by atoms with Crippen LogP contribution in [0.1, 0.15) is 0 Å². The fourth-order valence-corrected chi connectivity index (χ4v) is 2.94. The van der Waals surface area contributed by atoms with Gasteiger partial charge in [-0.25, -0.2) is 4.68 Å². The number of nitrogens with two attached hydrogens (primary N) is 1. The maximum atomic E-state index is 6.08. The van der Waals surface area contributed by atoms with E-state index in [4.69, 9.17) is 5.73 Å². The van der Waals surface area contributed by atoms with Crippen LogP contribution < -0.4 is 5.73 Å². The Hall–Kier alpha value is -1.34. The summed E-state index contributed by atoms with van der Waals surface area (Å²) in [7, 11) is 0. The van der Waals surface area contributed by atoms with Crippen molar-refractivity contribution in [1.29, 1.82) is 0 Å². The first-order valence-electron chi connectivity index (χ1n) is 6.01. The highest BCUT2D eigenvalue weighted by Gasteiger charge is 2.11. The summed E-state index contributed by atoms with van der Waals surface area (Å²) in [5, 5.41) is 4.61. The molecule has 0 bridgehead atoms. The third kappa shape index (κ3) is 2.60. The van der Waals surface area contributed by atoms with E-state index >= 15 is 0 Å². The summed E-state index contributed by atoms with van der Waals surface area (Å²) in [6.07, 6.45) is 0. The summed E-state index contributed by atoms with van der Waals surface area (Å²) in [6, 6.07) is 17.9. The van der Waals surface area contributed by atoms with Crippen molar-refractivity contribution in [2.24, 2.45) is 0 Å². The molecule has 0 spiro atoms. The standard InChI is InChI=1S/C15H11BrIN3/c16-13-7-6-10(17)8-12(13)14-9-15(18)20(19-14)11-4-2-1-3-5-11/h1-9H,18H2. The molecule has 5 heteroatoms. The molecule has 0 atom stereocenters. The Morgan fingerprint density at radius 2 is 1.80 bits per heavy atom. The molecule has 20 heavy (non-hydrogen) atoms. The smallest absolute Gasteiger partial charge is 0.127 e. The molecule has 0 aliphatic carbocycles. The Kier molecular flexibility index (Phi) is 3.80. The molecule has 0 fully saturated rings. The number of hydrogen-bond acceptors (Lipinski definition) is 2. The van der Waals surface area contributed by atoms with Crippen LogP contribution in [0.4, 0.5) is 5.82 Å². The van der Waals surface area contributed by atoms with Gasteiger partial charge in [0.25, 0.3) is 0 Å². The van der Waals surface area contributed by atoms with E-state index in [1.807, 2.05) is 48.5 Å². The summed E-state index contributed by atoms with van der Waals surface area (Å²) in [4.78, 5) is 0. The minimum Gasteiger partial charge on any atom is -0.384 e. The quantitative estimate of drug-likeness (QED) is 0.598. The fraction of sp³-hybridized carbons (Fsp3) is 0. The lowest BCUT2D eigenvalue weighted by molar-refractivity contribution is 0.895. The zero-order valence-electron chi connectivity index (χ0n) is 10.4. The van der Waals surface area contributed by atoms with E-state index < -0.39 is 0 Å². The van der Waals surface area contributed by atoms with Crippen LogP contribution in [-0.2, 0) is 0 Å². The summed E-state index contributed by atoms with van der Waals surface area (Å²) >= 11 is 5.85. The molecular formula is C15H11BrIN3. The van der Waals surface area contributed by atoms with Crippen molar-refractivity contribution < 1.29 is 0 Å². The van der Waals surface area contributed by atoms with Crippen molar-refractivity contribution >= 4 is 44.3 Å². The molecule has 100 valence electrons. The largest absolute Gasteiger partial charge is 0.384 e. The van der Waals surface area contributed by atoms with Crippen molar-refractivity contribution in [3.63, 3.8) is 0 Å². The first-order chi connectivity index (χ1) is 9.65. The molecule has 0 radical (unpaired) electrons. The van der Waals surface area contributed by atoms with Crippen molar-refractivity contribution in [2.75, 3.05) is 5.73 Å². The van der Waals surface area contributed by atoms with Gasteiger partial charge in [-0.3, -0.25) is 0 Å². The van der Waals surface area contributed by atoms with E-state index in [-0.39, 0.29) is 0 Å². The third-order valence-corrected chi connectivity index (χ3v) is 4.30. The lowest BCUT2D eigenvalue weighted by Crippen LogP contribution is -2.01. The molecule has 1 heterocycles. The Morgan fingerprint density at radius 1 is 1.05 bits per heavy atom. The second kappa shape index (κ2) is 5.57. The van der Waals surface area contributed by atoms with E-state index in [0.29, 0.717) is 5.82 Å². The molecule has 2 aromatic carbocycles. The number of nitrogens with zero attached hydrogens (tertiary/aromatic N) is 2. The SMILES string of the molecule is Nc1cc(-c2cc(I)ccc2Br)nn1-c1ccccc1. The summed E-state index contributed by atoms with van der Waals surface area (Å²) in [5.41, 5.74) is 8.94. The monoisotopic (exact) mass is 439 g/mol. The van der Waals surface area contributed by atoms with Gasteiger partial charge >= 0.3 is 0 Å². The molecule has 0 aliphatic rings. The van der Waals surface area contributed by atoms with Gasteiger partial charge in [0.1, 0.15) is 5.82 Å². The van der Waals surface area contributed by atoms with Crippen LogP contribution in [0.25, 0.3) is 16.9 Å². The van der Waals surface area contributed by atoms with Gasteiger partial charge in [-0.05, 0) is 52.9 Å². The molecule has 0 unspecified atom stereocenters. The second-order valence-corrected chi connectivity index (χ2v) is 6.43. The Morgan fingerprint density at radius 3 is 2.55 bits per heavy atom. The molecule has 3 aromatic rings. The molecule has 0 saturated heterocycles. The van der Waals surface area contributed by atoms with Crippen LogP contribution >= 0.6 is 38.5 Å². The number of aromatic nitrogens is 2. The lowest BCUT2D eigenvalue weighted by Gasteiger charge is -2.03. The molecule has 0 aliphatic heterocycles. The first kappa shape index (κ1) is 13.6. The van der Waals surface area contributed by atoms with Crippen molar-refractivity contribution in [2.45, 2.75) is 0 Å². The number of nitrogen functional groups attached to an aromatic ring is 1. The molecule has 1 aromatic heterocycles. The normalized spacial score (nSPS) is 10.7. The topological polar surface area (TPSA) is 43.8 Å². The molecular weight excluding hydrogens is 429 g/mol. The highest BCUT2D eigenvalue weighted by Crippen LogP contribution is 2.30. The minimum atomic E-state index is 0.622. The molecule has 2 N–H and O–H groups in total. The van der Waals surface area contributed by atoms with Crippen LogP contribution in [0.15, 0.2) is 59.1 Å². The van der Waals surface area contributed by atoms with E-state index in [1.165, 1.54) is 0 Å². The number of benzene rings is 2. The summed E-state index contributed by atoms with van der Waals surface area (Å²) in [5.74, 6) is 0.622. The number of anilines is 1. The third-order valence-electron chi connectivity index (χ3n) is 2.94. The summed E-state index contributed by atoms with van der Waals surface area (Å²) in [6.45, 7) is 0. The second-order valence-electron chi connectivity index (χ2n) is 4.33. The van der Waals surface area contributed by atoms with Crippen LogP contribution in [-0.4, -0.2) is 9.78 Å². The number of halogens is 2. The molecule has 3 nitrogen and oxygen atoms in total. The molecule has 3 rings (SSSR count). The van der Waals surface area contributed by atoms with Crippen LogP contribution in [0.5, 0.6) is 0 Å². The number of rotatable bonds is 2. The van der Waals surface area contributed by atoms with Gasteiger partial charge in [0.05, 0.1) is 11.4 Å². The van der Waals surface area contributed by atoms with Gasteiger partial charge in [0, 0.05) is 19.7 Å². The first-order valence-corrected chi connectivity index (χ1v) is 7.89. The molecule has 0 amide bonds. The van der Waals surface area contributed by atoms with Crippen molar-refractivity contribution in [3.8, 4) is 16.9 Å². The number of para-hydroxylation sites is 1. The lowest BCUT2D eigenvalue weighted by atomic mass is 10.1. The van der Waals surface area contributed by atoms with Gasteiger partial charge in [-0.15, -0.1) is 0 Å². The van der Waals surface area contributed by atoms with Gasteiger partial charge in [-0.1, -0.05) is 34.1 Å². The zero-order chi connectivity index (χ0) is 14.1. The highest BCUT2D eigenvalue weighted by atomic mass is 127. The van der Waals surface area contributed by atoms with Crippen LogP contribution in [0.3, 0.4) is 0 Å². The maximum Gasteiger partial charge on any atom is 0.127 e. The molecule has 0 saturated carbocycles. The van der Waals surface area contributed by atoms with E-state index in [1.54, 1.807) is 4.68 Å². The predicted octanol–water partition coefficient (Wildman–Crippen LogP) is 4.49. The zero-order valence-corrected chi connectivity index (χ0v) is 14.2. The van der Waals surface area contributed by atoms with E-state index in [9.17, 15) is 0 Å². The summed E-state index contributed by atoms with van der Waals surface area (Å²) < 4.78 is 3.92. The fourth-order valence-electron chi connectivity index (χ4n) is 2.00. The minimum absolute atomic E-state index is 0.622. The Bertz CT molecular complexity index is 753. The Balaban J connectivity index is 2.11. The van der Waals surface area contributed by atoms with Crippen molar-refractivity contribution in [1.82, 2.24) is 9.78 Å². The van der Waals surface area contributed by atoms with Gasteiger partial charge in [0.15, 0.2) is 0 Å². The predicted molar refractivity (Wildman–Crippen MR) is 93.8 cm³/mol. The Labute approximate surface area is 139 Å². The highest BCUT2D eigenvalue weighted by molar-refractivity contribution is 14.1. The van der Waals surface area contributed by atoms with E-state index in [2.05, 4.69) is 49.7 Å².